The molecule has 15 nitrogen and oxygen atoms in total. The Morgan fingerprint density at radius 1 is 0.735 bits per heavy atom. The zero-order valence-corrected chi connectivity index (χ0v) is 18.8. The van der Waals surface area contributed by atoms with Crippen molar-refractivity contribution in [2.75, 3.05) is 0 Å². The van der Waals surface area contributed by atoms with Crippen LogP contribution in [-0.4, -0.2) is 81.0 Å². The zero-order chi connectivity index (χ0) is 26.6. The standard InChI is InChI=1S/C19H31N5O10/c1-8(2)5-11(18(32)24-12(19(33)34)7-15(28)29)23-17(31)10(3-4-13(21)25)22-16(30)9(20)6-14(26)27/h8-12H,3-7,20H2,1-2H3,(H2,21,25)(H,22,30)(H,23,31)(H,24,32)(H,26,27)(H,28,29)(H,33,34). The van der Waals surface area contributed by atoms with Gasteiger partial charge in [0.1, 0.15) is 18.1 Å². The molecule has 0 aliphatic rings. The summed E-state index contributed by atoms with van der Waals surface area (Å²) < 4.78 is 0. The molecule has 4 amide bonds. The molecule has 0 aromatic carbocycles. The number of aliphatic carboxylic acids is 3. The van der Waals surface area contributed by atoms with Crippen molar-refractivity contribution in [3.63, 3.8) is 0 Å². The number of carbonyl (C=O) groups excluding carboxylic acids is 4. The van der Waals surface area contributed by atoms with Gasteiger partial charge in [-0.1, -0.05) is 13.8 Å². The van der Waals surface area contributed by atoms with Gasteiger partial charge in [-0.2, -0.15) is 0 Å². The molecule has 0 saturated carbocycles. The largest absolute Gasteiger partial charge is 0.481 e. The van der Waals surface area contributed by atoms with Crippen LogP contribution in [0.5, 0.6) is 0 Å². The van der Waals surface area contributed by atoms with Crippen LogP contribution < -0.4 is 27.4 Å². The third kappa shape index (κ3) is 12.3. The summed E-state index contributed by atoms with van der Waals surface area (Å²) in [5.41, 5.74) is 10.6. The summed E-state index contributed by atoms with van der Waals surface area (Å²) in [5.74, 6) is -8.30. The molecule has 0 saturated heterocycles. The lowest BCUT2D eigenvalue weighted by Gasteiger charge is -2.25. The van der Waals surface area contributed by atoms with Gasteiger partial charge in [0, 0.05) is 6.42 Å². The number of carbonyl (C=O) groups is 7. The van der Waals surface area contributed by atoms with Crippen LogP contribution in [0.1, 0.15) is 46.0 Å². The minimum absolute atomic E-state index is 0.0198. The monoisotopic (exact) mass is 489 g/mol. The fourth-order valence-corrected chi connectivity index (χ4v) is 2.74. The molecule has 0 fully saturated rings. The quantitative estimate of drug-likeness (QED) is 0.109. The lowest BCUT2D eigenvalue weighted by molar-refractivity contribution is -0.147. The Morgan fingerprint density at radius 3 is 1.65 bits per heavy atom. The second-order valence-electron chi connectivity index (χ2n) is 7.96. The van der Waals surface area contributed by atoms with Crippen molar-refractivity contribution in [2.45, 2.75) is 70.1 Å². The van der Waals surface area contributed by atoms with Crippen molar-refractivity contribution in [2.24, 2.45) is 17.4 Å². The van der Waals surface area contributed by atoms with Crippen molar-refractivity contribution in [1.29, 1.82) is 0 Å². The van der Waals surface area contributed by atoms with Gasteiger partial charge in [0.05, 0.1) is 18.9 Å². The Labute approximate surface area is 194 Å². The van der Waals surface area contributed by atoms with Gasteiger partial charge in [-0.05, 0) is 18.8 Å². The van der Waals surface area contributed by atoms with Gasteiger partial charge < -0.3 is 42.7 Å². The van der Waals surface area contributed by atoms with E-state index in [1.807, 2.05) is 5.32 Å². The van der Waals surface area contributed by atoms with Crippen molar-refractivity contribution in [3.8, 4) is 0 Å². The molecule has 0 aromatic rings. The molecule has 15 heteroatoms. The van der Waals surface area contributed by atoms with E-state index in [0.717, 1.165) is 0 Å². The summed E-state index contributed by atoms with van der Waals surface area (Å²) in [7, 11) is 0. The molecule has 10 N–H and O–H groups in total. The third-order valence-corrected chi connectivity index (χ3v) is 4.38. The maximum absolute atomic E-state index is 12.8. The molecule has 0 bridgehead atoms. The first-order valence-electron chi connectivity index (χ1n) is 10.2. The lowest BCUT2D eigenvalue weighted by Crippen LogP contribution is -2.57. The number of carboxylic acids is 3. The van der Waals surface area contributed by atoms with Crippen LogP contribution in [0.15, 0.2) is 0 Å². The van der Waals surface area contributed by atoms with Crippen LogP contribution in [0, 0.1) is 5.92 Å². The van der Waals surface area contributed by atoms with E-state index >= 15 is 0 Å². The summed E-state index contributed by atoms with van der Waals surface area (Å²) in [6, 6.07) is -5.99. The first-order valence-corrected chi connectivity index (χ1v) is 10.2. The highest BCUT2D eigenvalue weighted by molar-refractivity contribution is 5.95. The minimum atomic E-state index is -1.75. The number of nitrogens with two attached hydrogens (primary N) is 2. The first-order chi connectivity index (χ1) is 15.6. The number of hydrogen-bond acceptors (Lipinski definition) is 8. The molecule has 0 rings (SSSR count). The number of primary amides is 1. The Bertz CT molecular complexity index is 800. The van der Waals surface area contributed by atoms with Gasteiger partial charge in [0.2, 0.25) is 23.6 Å². The maximum Gasteiger partial charge on any atom is 0.326 e. The van der Waals surface area contributed by atoms with Crippen molar-refractivity contribution in [3.05, 3.63) is 0 Å². The molecule has 0 spiro atoms. The number of rotatable bonds is 16. The van der Waals surface area contributed by atoms with Crippen molar-refractivity contribution < 1.29 is 48.9 Å². The summed E-state index contributed by atoms with van der Waals surface area (Å²) in [6.45, 7) is 3.41. The van der Waals surface area contributed by atoms with Gasteiger partial charge >= 0.3 is 17.9 Å². The normalized spacial score (nSPS) is 14.2. The average Bonchev–Trinajstić information content (AvgIpc) is 2.68. The molecule has 0 aromatic heterocycles. The average molecular weight is 489 g/mol. The van der Waals surface area contributed by atoms with Crippen LogP contribution in [-0.2, 0) is 33.6 Å². The van der Waals surface area contributed by atoms with Gasteiger partial charge in [-0.15, -0.1) is 0 Å². The predicted molar refractivity (Wildman–Crippen MR) is 114 cm³/mol. The highest BCUT2D eigenvalue weighted by atomic mass is 16.4. The third-order valence-electron chi connectivity index (χ3n) is 4.38. The number of nitrogens with one attached hydrogen (secondary N) is 3. The molecule has 4 unspecified atom stereocenters. The zero-order valence-electron chi connectivity index (χ0n) is 18.8. The summed E-state index contributed by atoms with van der Waals surface area (Å²) >= 11 is 0. The van der Waals surface area contributed by atoms with Crippen LogP contribution in [0.2, 0.25) is 0 Å². The fraction of sp³-hybridized carbons (Fsp3) is 0.632. The molecular weight excluding hydrogens is 458 g/mol. The SMILES string of the molecule is CC(C)CC(NC(=O)C(CCC(N)=O)NC(=O)C(N)CC(=O)O)C(=O)NC(CC(=O)O)C(=O)O. The van der Waals surface area contributed by atoms with E-state index in [-0.39, 0.29) is 25.2 Å². The Morgan fingerprint density at radius 2 is 1.21 bits per heavy atom. The van der Waals surface area contributed by atoms with E-state index in [1.54, 1.807) is 13.8 Å². The molecule has 0 radical (unpaired) electrons. The van der Waals surface area contributed by atoms with E-state index in [4.69, 9.17) is 26.8 Å². The van der Waals surface area contributed by atoms with Gasteiger partial charge in [0.15, 0.2) is 0 Å². The topological polar surface area (TPSA) is 268 Å². The van der Waals surface area contributed by atoms with Crippen LogP contribution in [0.4, 0.5) is 0 Å². The number of amides is 4. The Hall–Kier alpha value is -3.75. The second-order valence-corrected chi connectivity index (χ2v) is 7.96. The van der Waals surface area contributed by atoms with Crippen molar-refractivity contribution in [1.82, 2.24) is 16.0 Å². The first kappa shape index (κ1) is 30.2. The van der Waals surface area contributed by atoms with E-state index < -0.39 is 78.5 Å². The van der Waals surface area contributed by atoms with Crippen molar-refractivity contribution >= 4 is 41.5 Å². The minimum Gasteiger partial charge on any atom is -0.481 e. The molecule has 0 heterocycles. The summed E-state index contributed by atoms with van der Waals surface area (Å²) in [5, 5.41) is 33.3. The van der Waals surface area contributed by atoms with Gasteiger partial charge in [-0.3, -0.25) is 28.8 Å². The molecule has 192 valence electrons. The molecule has 0 aliphatic carbocycles. The Kier molecular flexibility index (Phi) is 12.8. The Balaban J connectivity index is 5.60. The van der Waals surface area contributed by atoms with Crippen LogP contribution in [0.3, 0.4) is 0 Å². The molecule has 4 atom stereocenters. The fourth-order valence-electron chi connectivity index (χ4n) is 2.74. The molecular formula is C19H31N5O10. The lowest BCUT2D eigenvalue weighted by atomic mass is 10.0. The maximum atomic E-state index is 12.8. The second kappa shape index (κ2) is 14.4. The van der Waals surface area contributed by atoms with Gasteiger partial charge in [-0.25, -0.2) is 4.79 Å². The van der Waals surface area contributed by atoms with Gasteiger partial charge in [0.25, 0.3) is 0 Å². The van der Waals surface area contributed by atoms with Crippen LogP contribution >= 0.6 is 0 Å². The van der Waals surface area contributed by atoms with E-state index in [9.17, 15) is 33.6 Å². The number of hydrogen-bond donors (Lipinski definition) is 8. The van der Waals surface area contributed by atoms with Crippen LogP contribution in [0.25, 0.3) is 0 Å². The van der Waals surface area contributed by atoms with E-state index in [2.05, 4.69) is 10.6 Å². The number of carboxylic acid groups (broad SMARTS) is 3. The highest BCUT2D eigenvalue weighted by Gasteiger charge is 2.31. The molecule has 34 heavy (non-hydrogen) atoms. The summed E-state index contributed by atoms with van der Waals surface area (Å²) in [4.78, 5) is 81.6. The molecule has 0 aliphatic heterocycles. The smallest absolute Gasteiger partial charge is 0.326 e. The highest BCUT2D eigenvalue weighted by Crippen LogP contribution is 2.08. The van der Waals surface area contributed by atoms with E-state index in [0.29, 0.717) is 0 Å². The summed E-state index contributed by atoms with van der Waals surface area (Å²) in [6.07, 6.45) is -2.24. The predicted octanol–water partition coefficient (Wildman–Crippen LogP) is -2.89. The van der Waals surface area contributed by atoms with E-state index in [1.165, 1.54) is 0 Å².